The standard InChI is InChI=1S/C20H32N4O/c1-4-21-19(25)17-8-6-7-16(13-17)14-23-20(22-5-2)24-18-11-9-15(3)10-12-18/h6-8,13,15,18H,4-5,9-12,14H2,1-3H3,(H,21,25)(H2,22,23,24). The summed E-state index contributed by atoms with van der Waals surface area (Å²) in [6.45, 7) is 8.37. The van der Waals surface area contributed by atoms with Gasteiger partial charge in [-0.25, -0.2) is 4.99 Å². The quantitative estimate of drug-likeness (QED) is 0.549. The number of guanidine groups is 1. The third kappa shape index (κ3) is 6.40. The van der Waals surface area contributed by atoms with Gasteiger partial charge in [0.2, 0.25) is 0 Å². The van der Waals surface area contributed by atoms with E-state index in [-0.39, 0.29) is 5.91 Å². The first-order valence-electron chi connectivity index (χ1n) is 9.54. The highest BCUT2D eigenvalue weighted by Crippen LogP contribution is 2.23. The highest BCUT2D eigenvalue weighted by molar-refractivity contribution is 5.94. The fraction of sp³-hybridized carbons (Fsp3) is 0.600. The van der Waals surface area contributed by atoms with Gasteiger partial charge < -0.3 is 16.0 Å². The summed E-state index contributed by atoms with van der Waals surface area (Å²) in [5.74, 6) is 1.68. The van der Waals surface area contributed by atoms with Crippen LogP contribution in [0.4, 0.5) is 0 Å². The normalized spacial score (nSPS) is 20.8. The summed E-state index contributed by atoms with van der Waals surface area (Å²) >= 11 is 0. The van der Waals surface area contributed by atoms with Crippen LogP contribution in [0.3, 0.4) is 0 Å². The predicted octanol–water partition coefficient (Wildman–Crippen LogP) is 3.07. The van der Waals surface area contributed by atoms with E-state index in [0.717, 1.165) is 24.0 Å². The van der Waals surface area contributed by atoms with Crippen molar-refractivity contribution in [1.29, 1.82) is 0 Å². The molecule has 25 heavy (non-hydrogen) atoms. The van der Waals surface area contributed by atoms with Crippen LogP contribution in [0, 0.1) is 5.92 Å². The van der Waals surface area contributed by atoms with Gasteiger partial charge in [0.25, 0.3) is 5.91 Å². The molecule has 0 bridgehead atoms. The second kappa shape index (κ2) is 10.1. The zero-order valence-corrected chi connectivity index (χ0v) is 15.8. The largest absolute Gasteiger partial charge is 0.357 e. The molecule has 5 heteroatoms. The molecule has 0 unspecified atom stereocenters. The molecule has 0 radical (unpaired) electrons. The Morgan fingerprint density at radius 2 is 1.84 bits per heavy atom. The molecule has 0 aromatic heterocycles. The first-order valence-corrected chi connectivity index (χ1v) is 9.54. The van der Waals surface area contributed by atoms with E-state index < -0.39 is 0 Å². The molecule has 1 aliphatic rings. The third-order valence-electron chi connectivity index (χ3n) is 4.65. The number of rotatable bonds is 6. The lowest BCUT2D eigenvalue weighted by Crippen LogP contribution is -2.44. The Balaban J connectivity index is 1.98. The van der Waals surface area contributed by atoms with Crippen molar-refractivity contribution in [1.82, 2.24) is 16.0 Å². The van der Waals surface area contributed by atoms with E-state index in [1.54, 1.807) is 0 Å². The first-order chi connectivity index (χ1) is 12.1. The molecule has 1 aromatic rings. The monoisotopic (exact) mass is 344 g/mol. The van der Waals surface area contributed by atoms with Crippen LogP contribution in [0.2, 0.25) is 0 Å². The van der Waals surface area contributed by atoms with Gasteiger partial charge in [-0.15, -0.1) is 0 Å². The van der Waals surface area contributed by atoms with Gasteiger partial charge in [-0.2, -0.15) is 0 Å². The summed E-state index contributed by atoms with van der Waals surface area (Å²) in [5, 5.41) is 9.73. The fourth-order valence-corrected chi connectivity index (χ4v) is 3.16. The van der Waals surface area contributed by atoms with Gasteiger partial charge in [-0.05, 0) is 63.1 Å². The SMILES string of the molecule is CCNC(=O)c1cccc(CN=C(NCC)NC2CCC(C)CC2)c1. The van der Waals surface area contributed by atoms with E-state index in [9.17, 15) is 4.79 Å². The summed E-state index contributed by atoms with van der Waals surface area (Å²) in [4.78, 5) is 16.7. The Kier molecular flexibility index (Phi) is 7.76. The molecule has 2 rings (SSSR count). The van der Waals surface area contributed by atoms with Crippen LogP contribution >= 0.6 is 0 Å². The van der Waals surface area contributed by atoms with E-state index >= 15 is 0 Å². The van der Waals surface area contributed by atoms with Crippen LogP contribution in [0.15, 0.2) is 29.3 Å². The van der Waals surface area contributed by atoms with Crippen LogP contribution in [0.25, 0.3) is 0 Å². The molecule has 1 amide bonds. The van der Waals surface area contributed by atoms with Gasteiger partial charge in [-0.3, -0.25) is 4.79 Å². The smallest absolute Gasteiger partial charge is 0.251 e. The Morgan fingerprint density at radius 3 is 2.52 bits per heavy atom. The predicted molar refractivity (Wildman–Crippen MR) is 104 cm³/mol. The minimum absolute atomic E-state index is 0.0327. The highest BCUT2D eigenvalue weighted by atomic mass is 16.1. The van der Waals surface area contributed by atoms with E-state index in [1.165, 1.54) is 25.7 Å². The summed E-state index contributed by atoms with van der Waals surface area (Å²) in [5.41, 5.74) is 1.73. The van der Waals surface area contributed by atoms with Crippen molar-refractivity contribution in [3.8, 4) is 0 Å². The van der Waals surface area contributed by atoms with Crippen molar-refractivity contribution < 1.29 is 4.79 Å². The summed E-state index contributed by atoms with van der Waals surface area (Å²) in [6, 6.07) is 8.19. The number of carbonyl (C=O) groups is 1. The maximum atomic E-state index is 12.0. The molecule has 0 atom stereocenters. The molecule has 5 nitrogen and oxygen atoms in total. The number of hydrogen-bond acceptors (Lipinski definition) is 2. The molecule has 0 heterocycles. The van der Waals surface area contributed by atoms with Crippen molar-refractivity contribution in [2.45, 2.75) is 59.0 Å². The molecule has 0 spiro atoms. The molecule has 138 valence electrons. The van der Waals surface area contributed by atoms with Crippen LogP contribution in [0.1, 0.15) is 62.4 Å². The molecule has 1 fully saturated rings. The molecule has 1 aliphatic carbocycles. The van der Waals surface area contributed by atoms with Crippen LogP contribution in [0.5, 0.6) is 0 Å². The Labute approximate surface area is 151 Å². The topological polar surface area (TPSA) is 65.5 Å². The Hall–Kier alpha value is -2.04. The number of benzene rings is 1. The second-order valence-corrected chi connectivity index (χ2v) is 6.86. The average Bonchev–Trinajstić information content (AvgIpc) is 2.62. The lowest BCUT2D eigenvalue weighted by atomic mass is 9.87. The summed E-state index contributed by atoms with van der Waals surface area (Å²) in [7, 11) is 0. The van der Waals surface area contributed by atoms with Gasteiger partial charge >= 0.3 is 0 Å². The zero-order valence-electron chi connectivity index (χ0n) is 15.8. The minimum atomic E-state index is -0.0327. The molecule has 0 aliphatic heterocycles. The number of nitrogens with one attached hydrogen (secondary N) is 3. The van der Waals surface area contributed by atoms with Crippen LogP contribution in [-0.2, 0) is 6.54 Å². The molecule has 1 saturated carbocycles. The van der Waals surface area contributed by atoms with Gasteiger partial charge in [0.1, 0.15) is 0 Å². The lowest BCUT2D eigenvalue weighted by Gasteiger charge is -2.28. The summed E-state index contributed by atoms with van der Waals surface area (Å²) in [6.07, 6.45) is 4.98. The van der Waals surface area contributed by atoms with Crippen LogP contribution in [-0.4, -0.2) is 31.0 Å². The van der Waals surface area contributed by atoms with Gasteiger partial charge in [0, 0.05) is 24.7 Å². The number of carbonyl (C=O) groups excluding carboxylic acids is 1. The van der Waals surface area contributed by atoms with Crippen molar-refractivity contribution in [2.24, 2.45) is 10.9 Å². The maximum Gasteiger partial charge on any atom is 0.251 e. The van der Waals surface area contributed by atoms with Gasteiger partial charge in [0.05, 0.1) is 6.54 Å². The van der Waals surface area contributed by atoms with Crippen molar-refractivity contribution in [3.05, 3.63) is 35.4 Å². The molecular formula is C20H32N4O. The highest BCUT2D eigenvalue weighted by Gasteiger charge is 2.18. The van der Waals surface area contributed by atoms with Crippen molar-refractivity contribution >= 4 is 11.9 Å². The number of aliphatic imine (C=N–C) groups is 1. The first kappa shape index (κ1) is 19.3. The molecule has 0 saturated heterocycles. The van der Waals surface area contributed by atoms with Gasteiger partial charge in [0.15, 0.2) is 5.96 Å². The second-order valence-electron chi connectivity index (χ2n) is 6.86. The van der Waals surface area contributed by atoms with Crippen LogP contribution < -0.4 is 16.0 Å². The molecular weight excluding hydrogens is 312 g/mol. The van der Waals surface area contributed by atoms with E-state index in [4.69, 9.17) is 4.99 Å². The van der Waals surface area contributed by atoms with Crippen molar-refractivity contribution in [2.75, 3.05) is 13.1 Å². The lowest BCUT2D eigenvalue weighted by molar-refractivity contribution is 0.0955. The van der Waals surface area contributed by atoms with E-state index in [1.807, 2.05) is 31.2 Å². The number of hydrogen-bond donors (Lipinski definition) is 3. The summed E-state index contributed by atoms with van der Waals surface area (Å²) < 4.78 is 0. The third-order valence-corrected chi connectivity index (χ3v) is 4.65. The minimum Gasteiger partial charge on any atom is -0.357 e. The molecule has 1 aromatic carbocycles. The van der Waals surface area contributed by atoms with Crippen molar-refractivity contribution in [3.63, 3.8) is 0 Å². The van der Waals surface area contributed by atoms with E-state index in [2.05, 4.69) is 29.8 Å². The van der Waals surface area contributed by atoms with Gasteiger partial charge in [-0.1, -0.05) is 19.1 Å². The Morgan fingerprint density at radius 1 is 1.12 bits per heavy atom. The zero-order chi connectivity index (χ0) is 18.1. The number of nitrogens with zero attached hydrogens (tertiary/aromatic N) is 1. The van der Waals surface area contributed by atoms with E-state index in [0.29, 0.717) is 24.7 Å². The molecule has 3 N–H and O–H groups in total. The number of amides is 1. The Bertz CT molecular complexity index is 577. The average molecular weight is 345 g/mol. The fourth-order valence-electron chi connectivity index (χ4n) is 3.16. The maximum absolute atomic E-state index is 12.0.